The van der Waals surface area contributed by atoms with E-state index in [9.17, 15) is 4.79 Å². The van der Waals surface area contributed by atoms with Gasteiger partial charge in [-0.05, 0) is 13.0 Å². The summed E-state index contributed by atoms with van der Waals surface area (Å²) in [6.45, 7) is 2.06. The summed E-state index contributed by atoms with van der Waals surface area (Å²) in [6.07, 6.45) is 3.54. The zero-order chi connectivity index (χ0) is 7.82. The summed E-state index contributed by atoms with van der Waals surface area (Å²) in [5.41, 5.74) is 0. The molecule has 0 saturated heterocycles. The number of ether oxygens (including phenoxy) is 1. The molecule has 0 aromatic heterocycles. The van der Waals surface area contributed by atoms with Crippen LogP contribution in [0.1, 0.15) is 6.92 Å². The second kappa shape index (κ2) is 5.81. The summed E-state index contributed by atoms with van der Waals surface area (Å²) in [6, 6.07) is 0. The Labute approximate surface area is 58.8 Å². The van der Waals surface area contributed by atoms with Gasteiger partial charge in [0.05, 0.1) is 12.8 Å². The molecule has 0 unspecified atom stereocenters. The van der Waals surface area contributed by atoms with E-state index in [2.05, 4.69) is 9.89 Å². The summed E-state index contributed by atoms with van der Waals surface area (Å²) >= 11 is 0. The van der Waals surface area contributed by atoms with E-state index >= 15 is 0 Å². The highest BCUT2D eigenvalue weighted by Crippen LogP contribution is 1.78. The molecular weight excluding hydrogens is 134 g/mol. The van der Waals surface area contributed by atoms with E-state index in [1.54, 1.807) is 6.92 Å². The molecule has 56 valence electrons. The molecule has 0 atom stereocenters. The van der Waals surface area contributed by atoms with Crippen molar-refractivity contribution in [2.24, 2.45) is 5.16 Å². The minimum atomic E-state index is -0.442. The van der Waals surface area contributed by atoms with Gasteiger partial charge in [0.1, 0.15) is 0 Å². The third-order valence-electron chi connectivity index (χ3n) is 0.672. The first-order chi connectivity index (χ1) is 4.81. The molecule has 0 spiro atoms. The lowest BCUT2D eigenvalue weighted by atomic mass is 10.5. The van der Waals surface area contributed by atoms with Crippen molar-refractivity contribution in [3.63, 3.8) is 0 Å². The number of nitrogens with zero attached hydrogens (tertiary/aromatic N) is 1. The second-order valence-corrected chi connectivity index (χ2v) is 1.38. The fraction of sp³-hybridized carbons (Fsp3) is 0.333. The van der Waals surface area contributed by atoms with Gasteiger partial charge in [0, 0.05) is 6.08 Å². The fourth-order valence-electron chi connectivity index (χ4n) is 0.350. The predicted octanol–water partition coefficient (Wildman–Crippen LogP) is 0.566. The summed E-state index contributed by atoms with van der Waals surface area (Å²) in [7, 11) is 0. The van der Waals surface area contributed by atoms with Gasteiger partial charge in [-0.2, -0.15) is 0 Å². The maximum atomic E-state index is 10.5. The molecule has 0 radical (unpaired) electrons. The third kappa shape index (κ3) is 4.83. The van der Waals surface area contributed by atoms with Crippen molar-refractivity contribution in [1.82, 2.24) is 0 Å². The molecule has 0 fully saturated rings. The van der Waals surface area contributed by atoms with E-state index in [0.29, 0.717) is 6.61 Å². The normalized spacial score (nSPS) is 10.9. The lowest BCUT2D eigenvalue weighted by Crippen LogP contribution is -1.98. The van der Waals surface area contributed by atoms with Crippen LogP contribution in [-0.2, 0) is 9.53 Å². The largest absolute Gasteiger partial charge is 0.463 e. The Morgan fingerprint density at radius 3 is 3.00 bits per heavy atom. The van der Waals surface area contributed by atoms with Gasteiger partial charge in [0.25, 0.3) is 0 Å². The molecule has 4 nitrogen and oxygen atoms in total. The Bertz CT molecular complexity index is 151. The molecule has 0 aliphatic rings. The van der Waals surface area contributed by atoms with Gasteiger partial charge in [-0.15, -0.1) is 0 Å². The number of carbonyl (C=O) groups excluding carboxylic acids is 1. The van der Waals surface area contributed by atoms with Gasteiger partial charge in [-0.25, -0.2) is 4.79 Å². The lowest BCUT2D eigenvalue weighted by molar-refractivity contribution is -0.137. The smallest absolute Gasteiger partial charge is 0.330 e. The predicted molar refractivity (Wildman–Crippen MR) is 36.1 cm³/mol. The van der Waals surface area contributed by atoms with Crippen molar-refractivity contribution in [1.29, 1.82) is 0 Å². The lowest BCUT2D eigenvalue weighted by Gasteiger charge is -1.91. The van der Waals surface area contributed by atoms with Gasteiger partial charge in [0.2, 0.25) is 0 Å². The molecule has 0 aliphatic heterocycles. The fourth-order valence-corrected chi connectivity index (χ4v) is 0.350. The van der Waals surface area contributed by atoms with Crippen molar-refractivity contribution in [2.45, 2.75) is 6.92 Å². The number of allylic oxidation sites excluding steroid dienone is 1. The van der Waals surface area contributed by atoms with E-state index in [-0.39, 0.29) is 0 Å². The summed E-state index contributed by atoms with van der Waals surface area (Å²) in [5, 5.41) is 10.5. The van der Waals surface area contributed by atoms with Crippen LogP contribution in [0, 0.1) is 0 Å². The molecule has 0 aromatic carbocycles. The van der Waals surface area contributed by atoms with Crippen LogP contribution in [0.3, 0.4) is 0 Å². The van der Waals surface area contributed by atoms with E-state index in [4.69, 9.17) is 5.21 Å². The minimum absolute atomic E-state index is 0.347. The average Bonchev–Trinajstić information content (AvgIpc) is 1.89. The zero-order valence-electron chi connectivity index (χ0n) is 5.65. The van der Waals surface area contributed by atoms with Gasteiger partial charge in [-0.3, -0.25) is 0 Å². The number of oxime groups is 1. The SMILES string of the molecule is CCOC(=O)/C=C/C=N/O. The van der Waals surface area contributed by atoms with Crippen molar-refractivity contribution >= 4 is 12.2 Å². The maximum absolute atomic E-state index is 10.5. The molecule has 0 bridgehead atoms. The van der Waals surface area contributed by atoms with E-state index in [1.165, 1.54) is 12.2 Å². The van der Waals surface area contributed by atoms with Crippen LogP contribution < -0.4 is 0 Å². The van der Waals surface area contributed by atoms with Crippen molar-refractivity contribution in [3.8, 4) is 0 Å². The van der Waals surface area contributed by atoms with E-state index < -0.39 is 5.97 Å². The Morgan fingerprint density at radius 2 is 2.50 bits per heavy atom. The minimum Gasteiger partial charge on any atom is -0.463 e. The van der Waals surface area contributed by atoms with Crippen molar-refractivity contribution in [3.05, 3.63) is 12.2 Å². The van der Waals surface area contributed by atoms with Gasteiger partial charge in [-0.1, -0.05) is 5.16 Å². The quantitative estimate of drug-likeness (QED) is 0.206. The summed E-state index contributed by atoms with van der Waals surface area (Å²) in [5.74, 6) is -0.442. The highest BCUT2D eigenvalue weighted by atomic mass is 16.5. The Balaban J connectivity index is 3.56. The molecule has 0 aliphatic carbocycles. The van der Waals surface area contributed by atoms with Crippen molar-refractivity contribution in [2.75, 3.05) is 6.61 Å². The Kier molecular flexibility index (Phi) is 5.04. The van der Waals surface area contributed by atoms with Gasteiger partial charge in [0.15, 0.2) is 0 Å². The maximum Gasteiger partial charge on any atom is 0.330 e. The van der Waals surface area contributed by atoms with Crippen LogP contribution in [0.15, 0.2) is 17.3 Å². The monoisotopic (exact) mass is 143 g/mol. The first-order valence-electron chi connectivity index (χ1n) is 2.82. The van der Waals surface area contributed by atoms with E-state index in [1.807, 2.05) is 0 Å². The van der Waals surface area contributed by atoms with Gasteiger partial charge >= 0.3 is 5.97 Å². The molecule has 0 saturated carbocycles. The Morgan fingerprint density at radius 1 is 1.80 bits per heavy atom. The van der Waals surface area contributed by atoms with Crippen LogP contribution >= 0.6 is 0 Å². The van der Waals surface area contributed by atoms with Gasteiger partial charge < -0.3 is 9.94 Å². The van der Waals surface area contributed by atoms with Crippen LogP contribution in [-0.4, -0.2) is 24.0 Å². The summed E-state index contributed by atoms with van der Waals surface area (Å²) in [4.78, 5) is 10.5. The summed E-state index contributed by atoms with van der Waals surface area (Å²) < 4.78 is 4.52. The van der Waals surface area contributed by atoms with Crippen LogP contribution in [0.5, 0.6) is 0 Å². The third-order valence-corrected chi connectivity index (χ3v) is 0.672. The van der Waals surface area contributed by atoms with Crippen LogP contribution in [0.25, 0.3) is 0 Å². The number of rotatable bonds is 3. The molecule has 0 amide bonds. The molecule has 0 aromatic rings. The Hall–Kier alpha value is -1.32. The molecule has 1 N–H and O–H groups in total. The van der Waals surface area contributed by atoms with Crippen LogP contribution in [0.2, 0.25) is 0 Å². The highest BCUT2D eigenvalue weighted by molar-refractivity contribution is 5.87. The van der Waals surface area contributed by atoms with Crippen LogP contribution in [0.4, 0.5) is 0 Å². The molecule has 0 heterocycles. The molecular formula is C6H9NO3. The van der Waals surface area contributed by atoms with E-state index in [0.717, 1.165) is 6.21 Å². The molecule has 4 heteroatoms. The number of carbonyl (C=O) groups is 1. The number of esters is 1. The second-order valence-electron chi connectivity index (χ2n) is 1.38. The zero-order valence-corrected chi connectivity index (χ0v) is 5.65. The topological polar surface area (TPSA) is 58.9 Å². The average molecular weight is 143 g/mol. The highest BCUT2D eigenvalue weighted by Gasteiger charge is 1.89. The molecule has 0 rings (SSSR count). The van der Waals surface area contributed by atoms with Crippen molar-refractivity contribution < 1.29 is 14.7 Å². The molecule has 10 heavy (non-hydrogen) atoms. The standard InChI is InChI=1S/C6H9NO3/c1-2-10-6(8)4-3-5-7-9/h3-5,9H,2H2,1H3/b4-3+,7-5+. The first-order valence-corrected chi connectivity index (χ1v) is 2.82. The number of hydrogen-bond acceptors (Lipinski definition) is 4. The number of hydrogen-bond donors (Lipinski definition) is 1. The first kappa shape index (κ1) is 8.68.